The number of esters is 3. The van der Waals surface area contributed by atoms with Crippen LogP contribution in [0.4, 0.5) is 0 Å². The lowest BCUT2D eigenvalue weighted by molar-refractivity contribution is -0.167. The topological polar surface area (TPSA) is 78.9 Å². The molecule has 0 fully saturated rings. The van der Waals surface area contributed by atoms with Gasteiger partial charge in [-0.3, -0.25) is 14.4 Å². The molecule has 0 bridgehead atoms. The Morgan fingerprint density at radius 3 is 0.871 bits per heavy atom. The molecule has 0 rings (SSSR count). The highest BCUT2D eigenvalue weighted by atomic mass is 16.6. The number of hydrogen-bond acceptors (Lipinski definition) is 6. The normalized spacial score (nSPS) is 12.6. The number of hydrogen-bond donors (Lipinski definition) is 0. The van der Waals surface area contributed by atoms with Crippen LogP contribution in [0.15, 0.2) is 72.9 Å². The summed E-state index contributed by atoms with van der Waals surface area (Å²) < 4.78 is 16.8. The van der Waals surface area contributed by atoms with Gasteiger partial charge in [0.25, 0.3) is 0 Å². The number of carbonyl (C=O) groups excluding carboxylic acids is 3. The number of rotatable bonds is 54. The van der Waals surface area contributed by atoms with Gasteiger partial charge in [0.05, 0.1) is 0 Å². The third-order valence-electron chi connectivity index (χ3n) is 13.0. The Hall–Kier alpha value is -3.15. The molecular formula is C64H112O6. The Morgan fingerprint density at radius 1 is 0.300 bits per heavy atom. The summed E-state index contributed by atoms with van der Waals surface area (Å²) in [5.41, 5.74) is 0. The molecule has 0 aromatic rings. The average molecular weight is 978 g/mol. The van der Waals surface area contributed by atoms with Crippen molar-refractivity contribution >= 4 is 17.9 Å². The summed E-state index contributed by atoms with van der Waals surface area (Å²) in [4.78, 5) is 38.1. The van der Waals surface area contributed by atoms with Gasteiger partial charge in [-0.15, -0.1) is 0 Å². The Morgan fingerprint density at radius 2 is 0.557 bits per heavy atom. The van der Waals surface area contributed by atoms with Gasteiger partial charge in [-0.2, -0.15) is 0 Å². The van der Waals surface area contributed by atoms with E-state index >= 15 is 0 Å². The first-order valence-corrected chi connectivity index (χ1v) is 29.9. The van der Waals surface area contributed by atoms with Crippen molar-refractivity contribution < 1.29 is 28.6 Å². The first-order valence-electron chi connectivity index (χ1n) is 29.9. The lowest BCUT2D eigenvalue weighted by Gasteiger charge is -2.18. The van der Waals surface area contributed by atoms with Crippen LogP contribution >= 0.6 is 0 Å². The summed E-state index contributed by atoms with van der Waals surface area (Å²) in [6, 6.07) is 0. The van der Waals surface area contributed by atoms with Crippen LogP contribution in [0, 0.1) is 0 Å². The monoisotopic (exact) mass is 977 g/mol. The molecular weight excluding hydrogens is 865 g/mol. The molecule has 6 heteroatoms. The van der Waals surface area contributed by atoms with Gasteiger partial charge in [-0.1, -0.05) is 267 Å². The van der Waals surface area contributed by atoms with Crippen molar-refractivity contribution in [2.24, 2.45) is 0 Å². The molecule has 0 aromatic carbocycles. The second kappa shape index (κ2) is 58.4. The highest BCUT2D eigenvalue weighted by Crippen LogP contribution is 2.17. The maximum Gasteiger partial charge on any atom is 0.306 e. The van der Waals surface area contributed by atoms with Crippen LogP contribution in [-0.4, -0.2) is 37.2 Å². The first kappa shape index (κ1) is 66.9. The molecule has 0 heterocycles. The zero-order valence-corrected chi connectivity index (χ0v) is 46.3. The molecule has 0 radical (unpaired) electrons. The van der Waals surface area contributed by atoms with Crippen LogP contribution in [0.2, 0.25) is 0 Å². The fourth-order valence-electron chi connectivity index (χ4n) is 8.53. The van der Waals surface area contributed by atoms with Crippen molar-refractivity contribution in [3.8, 4) is 0 Å². The van der Waals surface area contributed by atoms with E-state index in [1.165, 1.54) is 148 Å². The number of allylic oxidation sites excluding steroid dienone is 12. The predicted octanol–water partition coefficient (Wildman–Crippen LogP) is 20.2. The fraction of sp³-hybridized carbons (Fsp3) is 0.766. The SMILES string of the molecule is CC/C=C\C/C=C\C/C=C\CCCCCC(=O)OCC(COC(=O)CCCCCCCCCCCCCCCCCCCCCCCCCCCC)OC(=O)CCCCC/C=C\C/C=C\C/C=C\CC. The summed E-state index contributed by atoms with van der Waals surface area (Å²) in [6.07, 6.45) is 75.0. The van der Waals surface area contributed by atoms with Gasteiger partial charge in [0.2, 0.25) is 0 Å². The van der Waals surface area contributed by atoms with Gasteiger partial charge in [0, 0.05) is 19.3 Å². The minimum Gasteiger partial charge on any atom is -0.462 e. The second-order valence-corrected chi connectivity index (χ2v) is 19.9. The van der Waals surface area contributed by atoms with E-state index in [1.807, 2.05) is 0 Å². The van der Waals surface area contributed by atoms with Crippen molar-refractivity contribution in [2.75, 3.05) is 13.2 Å². The van der Waals surface area contributed by atoms with Gasteiger partial charge < -0.3 is 14.2 Å². The number of unbranched alkanes of at least 4 members (excludes halogenated alkanes) is 31. The van der Waals surface area contributed by atoms with Crippen LogP contribution in [0.25, 0.3) is 0 Å². The van der Waals surface area contributed by atoms with Crippen molar-refractivity contribution in [1.82, 2.24) is 0 Å². The molecule has 0 amide bonds. The highest BCUT2D eigenvalue weighted by molar-refractivity contribution is 5.71. The van der Waals surface area contributed by atoms with E-state index < -0.39 is 6.10 Å². The lowest BCUT2D eigenvalue weighted by atomic mass is 10.0. The van der Waals surface area contributed by atoms with Crippen LogP contribution in [0.1, 0.15) is 297 Å². The van der Waals surface area contributed by atoms with Crippen molar-refractivity contribution in [1.29, 1.82) is 0 Å². The molecule has 0 aliphatic heterocycles. The number of carbonyl (C=O) groups is 3. The fourth-order valence-corrected chi connectivity index (χ4v) is 8.53. The summed E-state index contributed by atoms with van der Waals surface area (Å²) in [6.45, 7) is 6.39. The molecule has 0 aromatic heterocycles. The predicted molar refractivity (Wildman–Crippen MR) is 302 cm³/mol. The molecule has 0 aliphatic carbocycles. The summed E-state index contributed by atoms with van der Waals surface area (Å²) in [5.74, 6) is -0.947. The first-order chi connectivity index (χ1) is 34.5. The van der Waals surface area contributed by atoms with Crippen LogP contribution in [0.3, 0.4) is 0 Å². The van der Waals surface area contributed by atoms with Crippen molar-refractivity contribution in [3.05, 3.63) is 72.9 Å². The average Bonchev–Trinajstić information content (AvgIpc) is 3.36. The second-order valence-electron chi connectivity index (χ2n) is 19.9. The third-order valence-corrected chi connectivity index (χ3v) is 13.0. The maximum absolute atomic E-state index is 12.8. The van der Waals surface area contributed by atoms with Gasteiger partial charge in [-0.05, 0) is 83.5 Å². The minimum absolute atomic E-state index is 0.0948. The highest BCUT2D eigenvalue weighted by Gasteiger charge is 2.19. The molecule has 0 spiro atoms. The molecule has 0 saturated carbocycles. The van der Waals surface area contributed by atoms with E-state index in [9.17, 15) is 14.4 Å². The zero-order chi connectivity index (χ0) is 50.7. The van der Waals surface area contributed by atoms with Crippen molar-refractivity contribution in [3.63, 3.8) is 0 Å². The molecule has 70 heavy (non-hydrogen) atoms. The van der Waals surface area contributed by atoms with E-state index in [0.717, 1.165) is 109 Å². The zero-order valence-electron chi connectivity index (χ0n) is 46.3. The molecule has 0 N–H and O–H groups in total. The Kier molecular flexibility index (Phi) is 55.8. The molecule has 0 aliphatic rings. The molecule has 1 unspecified atom stereocenters. The van der Waals surface area contributed by atoms with Crippen molar-refractivity contribution in [2.45, 2.75) is 303 Å². The van der Waals surface area contributed by atoms with Crippen LogP contribution < -0.4 is 0 Å². The van der Waals surface area contributed by atoms with E-state index in [0.29, 0.717) is 12.8 Å². The molecule has 6 nitrogen and oxygen atoms in total. The standard InChI is InChI=1S/C64H112O6/c1-4-7-10-13-16-19-22-25-26-27-28-29-30-31-32-33-34-35-36-37-40-42-45-48-51-54-57-63(66)69-60-61(70-64(67)58-55-52-49-46-43-39-24-21-18-15-12-9-6-3)59-68-62(65)56-53-50-47-44-41-38-23-20-17-14-11-8-5-2/h8-9,11-12,17-18,20-21,38-39,41,43,61H,4-7,10,13-16,19,22-37,40,42,44-60H2,1-3H3/b11-8-,12-9-,20-17-,21-18-,41-38-,43-39-. The molecule has 404 valence electrons. The summed E-state index contributed by atoms with van der Waals surface area (Å²) >= 11 is 0. The van der Waals surface area contributed by atoms with E-state index in [4.69, 9.17) is 14.2 Å². The Balaban J connectivity index is 4.23. The summed E-state index contributed by atoms with van der Waals surface area (Å²) in [5, 5.41) is 0. The quantitative estimate of drug-likeness (QED) is 0.0261. The number of ether oxygens (including phenoxy) is 3. The van der Waals surface area contributed by atoms with Gasteiger partial charge >= 0.3 is 17.9 Å². The lowest BCUT2D eigenvalue weighted by Crippen LogP contribution is -2.30. The van der Waals surface area contributed by atoms with Gasteiger partial charge in [0.15, 0.2) is 6.10 Å². The minimum atomic E-state index is -0.801. The van der Waals surface area contributed by atoms with Gasteiger partial charge in [-0.25, -0.2) is 0 Å². The maximum atomic E-state index is 12.8. The van der Waals surface area contributed by atoms with E-state index in [2.05, 4.69) is 93.7 Å². The van der Waals surface area contributed by atoms with E-state index in [1.54, 1.807) is 0 Å². The molecule has 0 saturated heterocycles. The van der Waals surface area contributed by atoms with E-state index in [-0.39, 0.29) is 37.5 Å². The van der Waals surface area contributed by atoms with Crippen LogP contribution in [-0.2, 0) is 28.6 Å². The Labute approximate surface area is 433 Å². The van der Waals surface area contributed by atoms with Gasteiger partial charge in [0.1, 0.15) is 13.2 Å². The van der Waals surface area contributed by atoms with Crippen LogP contribution in [0.5, 0.6) is 0 Å². The molecule has 1 atom stereocenters. The smallest absolute Gasteiger partial charge is 0.306 e. The third kappa shape index (κ3) is 55.8. The Bertz CT molecular complexity index is 1310. The summed E-state index contributed by atoms with van der Waals surface area (Å²) in [7, 11) is 0. The largest absolute Gasteiger partial charge is 0.462 e.